The first-order valence-electron chi connectivity index (χ1n) is 10.9. The van der Waals surface area contributed by atoms with Gasteiger partial charge in [0.05, 0.1) is 19.3 Å². The molecule has 0 aromatic heterocycles. The number of hydrogen-bond donors (Lipinski definition) is 1. The van der Waals surface area contributed by atoms with Crippen molar-refractivity contribution in [1.82, 2.24) is 4.90 Å². The van der Waals surface area contributed by atoms with Gasteiger partial charge in [-0.2, -0.15) is 0 Å². The van der Waals surface area contributed by atoms with Crippen molar-refractivity contribution in [2.75, 3.05) is 38.2 Å². The van der Waals surface area contributed by atoms with Gasteiger partial charge in [0.25, 0.3) is 0 Å². The quantitative estimate of drug-likeness (QED) is 0.622. The van der Waals surface area contributed by atoms with Crippen molar-refractivity contribution in [2.45, 2.75) is 66.9 Å². The van der Waals surface area contributed by atoms with Crippen molar-refractivity contribution in [3.63, 3.8) is 0 Å². The van der Waals surface area contributed by atoms with Crippen LogP contribution in [0.2, 0.25) is 0 Å². The smallest absolute Gasteiger partial charge is 0.229 e. The molecule has 0 aliphatic carbocycles. The Morgan fingerprint density at radius 2 is 1.79 bits per heavy atom. The van der Waals surface area contributed by atoms with Gasteiger partial charge in [0, 0.05) is 43.2 Å². The number of rotatable bonds is 8. The normalized spacial score (nSPS) is 16.6. The number of ether oxygens (including phenoxy) is 2. The molecule has 5 heteroatoms. The molecule has 0 spiro atoms. The minimum Gasteiger partial charge on any atom is -0.493 e. The van der Waals surface area contributed by atoms with E-state index < -0.39 is 5.41 Å². The van der Waals surface area contributed by atoms with E-state index in [1.165, 1.54) is 0 Å². The number of anilines is 1. The monoisotopic (exact) mass is 404 g/mol. The number of amides is 1. The molecule has 1 aliphatic heterocycles. The van der Waals surface area contributed by atoms with E-state index in [2.05, 4.69) is 31.0 Å². The van der Waals surface area contributed by atoms with Crippen LogP contribution < -0.4 is 10.1 Å². The standard InChI is InChI=1S/C24H40N2O3/c1-23(2,3)18-26-13-11-20(12-14-26)28-15-8-16-29-21-10-7-9-19(17-21)25-22(27)24(4,5)6/h7,9-10,17,20H,8,11-16,18H2,1-6H3,(H,25,27). The van der Waals surface area contributed by atoms with Crippen LogP contribution in [0.15, 0.2) is 24.3 Å². The van der Waals surface area contributed by atoms with Gasteiger partial charge in [0.1, 0.15) is 5.75 Å². The van der Waals surface area contributed by atoms with Crippen molar-refractivity contribution in [2.24, 2.45) is 10.8 Å². The maximum atomic E-state index is 12.1. The van der Waals surface area contributed by atoms with Crippen molar-refractivity contribution in [1.29, 1.82) is 0 Å². The largest absolute Gasteiger partial charge is 0.493 e. The molecule has 1 aromatic carbocycles. The number of benzene rings is 1. The molecule has 1 aliphatic rings. The molecule has 29 heavy (non-hydrogen) atoms. The predicted molar refractivity (Wildman–Crippen MR) is 120 cm³/mol. The molecule has 1 fully saturated rings. The lowest BCUT2D eigenvalue weighted by Gasteiger charge is -2.35. The summed E-state index contributed by atoms with van der Waals surface area (Å²) in [4.78, 5) is 14.7. The first-order chi connectivity index (χ1) is 13.5. The molecular weight excluding hydrogens is 364 g/mol. The third-order valence-electron chi connectivity index (χ3n) is 4.92. The van der Waals surface area contributed by atoms with E-state index in [0.717, 1.165) is 56.9 Å². The van der Waals surface area contributed by atoms with Crippen LogP contribution >= 0.6 is 0 Å². The number of nitrogens with one attached hydrogen (secondary N) is 1. The van der Waals surface area contributed by atoms with Crippen molar-refractivity contribution in [3.8, 4) is 5.75 Å². The molecule has 164 valence electrons. The number of carbonyl (C=O) groups excluding carboxylic acids is 1. The molecule has 0 unspecified atom stereocenters. The van der Waals surface area contributed by atoms with Crippen molar-refractivity contribution < 1.29 is 14.3 Å². The summed E-state index contributed by atoms with van der Waals surface area (Å²) in [6.45, 7) is 17.3. The fourth-order valence-electron chi connectivity index (χ4n) is 3.39. The molecular formula is C24H40N2O3. The lowest BCUT2D eigenvalue weighted by atomic mass is 9.94. The minimum absolute atomic E-state index is 0.00315. The van der Waals surface area contributed by atoms with E-state index in [4.69, 9.17) is 9.47 Å². The Bertz CT molecular complexity index is 638. The average Bonchev–Trinajstić information content (AvgIpc) is 2.61. The van der Waals surface area contributed by atoms with E-state index in [0.29, 0.717) is 18.1 Å². The SMILES string of the molecule is CC(C)(C)CN1CCC(OCCCOc2cccc(NC(=O)C(C)(C)C)c2)CC1. The van der Waals surface area contributed by atoms with E-state index >= 15 is 0 Å². The van der Waals surface area contributed by atoms with Crippen LogP contribution in [-0.2, 0) is 9.53 Å². The second-order valence-electron chi connectivity index (χ2n) is 10.3. The molecule has 1 aromatic rings. The average molecular weight is 405 g/mol. The highest BCUT2D eigenvalue weighted by molar-refractivity contribution is 5.94. The fourth-order valence-corrected chi connectivity index (χ4v) is 3.39. The van der Waals surface area contributed by atoms with Gasteiger partial charge in [-0.1, -0.05) is 47.6 Å². The number of carbonyl (C=O) groups is 1. The molecule has 1 heterocycles. The van der Waals surface area contributed by atoms with Gasteiger partial charge < -0.3 is 19.7 Å². The lowest BCUT2D eigenvalue weighted by molar-refractivity contribution is -0.123. The third-order valence-corrected chi connectivity index (χ3v) is 4.92. The van der Waals surface area contributed by atoms with Gasteiger partial charge in [-0.3, -0.25) is 4.79 Å². The predicted octanol–water partition coefficient (Wildman–Crippen LogP) is 4.97. The van der Waals surface area contributed by atoms with Crippen LogP contribution in [0.5, 0.6) is 5.75 Å². The number of likely N-dealkylation sites (tertiary alicyclic amines) is 1. The van der Waals surface area contributed by atoms with E-state index in [9.17, 15) is 4.79 Å². The first kappa shape index (κ1) is 23.7. The molecule has 0 saturated carbocycles. The zero-order valence-electron chi connectivity index (χ0n) is 19.2. The van der Waals surface area contributed by atoms with Gasteiger partial charge in [-0.15, -0.1) is 0 Å². The molecule has 0 radical (unpaired) electrons. The Labute approximate surface area is 177 Å². The van der Waals surface area contributed by atoms with Crippen molar-refractivity contribution >= 4 is 11.6 Å². The summed E-state index contributed by atoms with van der Waals surface area (Å²) in [5.74, 6) is 0.767. The number of piperidine rings is 1. The molecule has 0 bridgehead atoms. The van der Waals surface area contributed by atoms with E-state index in [1.807, 2.05) is 45.0 Å². The Hall–Kier alpha value is -1.59. The summed E-state index contributed by atoms with van der Waals surface area (Å²) in [5.41, 5.74) is 0.704. The van der Waals surface area contributed by atoms with Gasteiger partial charge >= 0.3 is 0 Å². The Morgan fingerprint density at radius 3 is 2.41 bits per heavy atom. The minimum atomic E-state index is -0.420. The third kappa shape index (κ3) is 9.18. The van der Waals surface area contributed by atoms with Gasteiger partial charge in [-0.05, 0) is 30.4 Å². The first-order valence-corrected chi connectivity index (χ1v) is 10.9. The van der Waals surface area contributed by atoms with Crippen LogP contribution in [0.4, 0.5) is 5.69 Å². The number of hydrogen-bond acceptors (Lipinski definition) is 4. The Kier molecular flexibility index (Phi) is 8.53. The second-order valence-corrected chi connectivity index (χ2v) is 10.3. The molecule has 1 saturated heterocycles. The van der Waals surface area contributed by atoms with Crippen molar-refractivity contribution in [3.05, 3.63) is 24.3 Å². The summed E-state index contributed by atoms with van der Waals surface area (Å²) in [6, 6.07) is 7.56. The second kappa shape index (κ2) is 10.4. The summed E-state index contributed by atoms with van der Waals surface area (Å²) < 4.78 is 11.9. The lowest BCUT2D eigenvalue weighted by Crippen LogP contribution is -2.41. The summed E-state index contributed by atoms with van der Waals surface area (Å²) in [5, 5.41) is 2.94. The molecule has 1 amide bonds. The fraction of sp³-hybridized carbons (Fsp3) is 0.708. The topological polar surface area (TPSA) is 50.8 Å². The van der Waals surface area contributed by atoms with Crippen LogP contribution in [0.25, 0.3) is 0 Å². The summed E-state index contributed by atoms with van der Waals surface area (Å²) in [6.07, 6.45) is 3.47. The molecule has 2 rings (SSSR count). The highest BCUT2D eigenvalue weighted by Gasteiger charge is 2.23. The van der Waals surface area contributed by atoms with Crippen LogP contribution in [0.1, 0.15) is 60.8 Å². The zero-order valence-corrected chi connectivity index (χ0v) is 19.2. The molecule has 5 nitrogen and oxygen atoms in total. The van der Waals surface area contributed by atoms with Crippen LogP contribution in [0.3, 0.4) is 0 Å². The molecule has 0 atom stereocenters. The maximum Gasteiger partial charge on any atom is 0.229 e. The van der Waals surface area contributed by atoms with Crippen LogP contribution in [0, 0.1) is 10.8 Å². The van der Waals surface area contributed by atoms with E-state index in [1.54, 1.807) is 0 Å². The van der Waals surface area contributed by atoms with Gasteiger partial charge in [0.15, 0.2) is 0 Å². The summed E-state index contributed by atoms with van der Waals surface area (Å²) in [7, 11) is 0. The van der Waals surface area contributed by atoms with Crippen LogP contribution in [-0.4, -0.2) is 49.8 Å². The van der Waals surface area contributed by atoms with Gasteiger partial charge in [-0.25, -0.2) is 0 Å². The maximum absolute atomic E-state index is 12.1. The Morgan fingerprint density at radius 1 is 1.10 bits per heavy atom. The van der Waals surface area contributed by atoms with E-state index in [-0.39, 0.29) is 5.91 Å². The molecule has 1 N–H and O–H groups in total. The van der Waals surface area contributed by atoms with Gasteiger partial charge in [0.2, 0.25) is 5.91 Å². The zero-order chi connectivity index (χ0) is 21.5. The summed E-state index contributed by atoms with van der Waals surface area (Å²) >= 11 is 0. The Balaban J connectivity index is 1.63. The highest BCUT2D eigenvalue weighted by Crippen LogP contribution is 2.22. The number of nitrogens with zero attached hydrogens (tertiary/aromatic N) is 1. The highest BCUT2D eigenvalue weighted by atomic mass is 16.5.